The second-order valence-electron chi connectivity index (χ2n) is 6.01. The quantitative estimate of drug-likeness (QED) is 0.337. The molecule has 0 spiro atoms. The molecule has 0 saturated carbocycles. The van der Waals surface area contributed by atoms with Crippen molar-refractivity contribution in [3.05, 3.63) is 0 Å². The predicted molar refractivity (Wildman–Crippen MR) is 92.3 cm³/mol. The van der Waals surface area contributed by atoms with Crippen molar-refractivity contribution in [3.8, 4) is 0 Å². The van der Waals surface area contributed by atoms with Crippen molar-refractivity contribution < 1.29 is 28.6 Å². The molecule has 25 heavy (non-hydrogen) atoms. The van der Waals surface area contributed by atoms with Gasteiger partial charge in [0.1, 0.15) is 12.3 Å². The van der Waals surface area contributed by atoms with Crippen molar-refractivity contribution in [2.24, 2.45) is 0 Å². The first-order valence-corrected chi connectivity index (χ1v) is 9.01. The summed E-state index contributed by atoms with van der Waals surface area (Å²) in [6.45, 7) is 3.88. The summed E-state index contributed by atoms with van der Waals surface area (Å²) in [6.07, 6.45) is 4.82. The van der Waals surface area contributed by atoms with Crippen LogP contribution < -0.4 is 10.2 Å². The summed E-state index contributed by atoms with van der Waals surface area (Å²) in [5.41, 5.74) is 0. The van der Waals surface area contributed by atoms with Crippen LogP contribution in [0.1, 0.15) is 90.9 Å². The van der Waals surface area contributed by atoms with E-state index >= 15 is 0 Å². The van der Waals surface area contributed by atoms with Crippen LogP contribution in [0.3, 0.4) is 0 Å². The van der Waals surface area contributed by atoms with E-state index in [1.54, 1.807) is 0 Å². The zero-order valence-electron chi connectivity index (χ0n) is 15.7. The molecule has 4 nitrogen and oxygen atoms in total. The van der Waals surface area contributed by atoms with Crippen LogP contribution in [0.4, 0.5) is 8.78 Å². The van der Waals surface area contributed by atoms with Crippen LogP contribution in [0.15, 0.2) is 0 Å². The van der Waals surface area contributed by atoms with E-state index in [4.69, 9.17) is 0 Å². The van der Waals surface area contributed by atoms with Gasteiger partial charge in [0.15, 0.2) is 0 Å². The standard InChI is InChI=1S/2C9H17FO2.Ca/c2*1-2-5-8(10)6-3-4-7-9(11)12;/h2*8H,2-7H2,1H3,(H,11,12);/q;;+2/p-2. The predicted octanol–water partition coefficient (Wildman–Crippen LogP) is 2.49. The van der Waals surface area contributed by atoms with Crippen LogP contribution >= 0.6 is 0 Å². The number of carbonyl (C=O) groups is 2. The zero-order valence-corrected chi connectivity index (χ0v) is 17.9. The van der Waals surface area contributed by atoms with E-state index in [2.05, 4.69) is 0 Å². The van der Waals surface area contributed by atoms with E-state index in [1.165, 1.54) is 0 Å². The molecule has 0 aliphatic heterocycles. The number of rotatable bonds is 14. The fourth-order valence-corrected chi connectivity index (χ4v) is 2.19. The van der Waals surface area contributed by atoms with Crippen LogP contribution in [-0.2, 0) is 9.59 Å². The van der Waals surface area contributed by atoms with E-state index in [-0.39, 0.29) is 50.6 Å². The normalized spacial score (nSPS) is 12.3. The number of alkyl halides is 2. The summed E-state index contributed by atoms with van der Waals surface area (Å²) < 4.78 is 25.5. The fraction of sp³-hybridized carbons (Fsp3) is 0.889. The van der Waals surface area contributed by atoms with Crippen molar-refractivity contribution in [3.63, 3.8) is 0 Å². The number of carboxylic acids is 2. The number of aliphatic carboxylic acids is 2. The summed E-state index contributed by atoms with van der Waals surface area (Å²) in [4.78, 5) is 19.9. The maximum atomic E-state index is 12.8. The Balaban J connectivity index is -0.000000372. The Morgan fingerprint density at radius 3 is 1.28 bits per heavy atom. The second kappa shape index (κ2) is 22.1. The zero-order chi connectivity index (χ0) is 18.8. The van der Waals surface area contributed by atoms with Crippen molar-refractivity contribution >= 4 is 49.7 Å². The van der Waals surface area contributed by atoms with Crippen LogP contribution in [0.2, 0.25) is 0 Å². The van der Waals surface area contributed by atoms with Gasteiger partial charge in [-0.05, 0) is 51.4 Å². The summed E-state index contributed by atoms with van der Waals surface area (Å²) in [5, 5.41) is 19.9. The molecule has 2 unspecified atom stereocenters. The molecular weight excluding hydrogens is 358 g/mol. The first-order valence-electron chi connectivity index (χ1n) is 9.01. The van der Waals surface area contributed by atoms with Gasteiger partial charge in [-0.15, -0.1) is 0 Å². The molecule has 0 aliphatic carbocycles. The monoisotopic (exact) mass is 390 g/mol. The van der Waals surface area contributed by atoms with Crippen molar-refractivity contribution in [1.29, 1.82) is 0 Å². The Kier molecular flexibility index (Phi) is 26.4. The summed E-state index contributed by atoms with van der Waals surface area (Å²) >= 11 is 0. The molecule has 0 aromatic heterocycles. The van der Waals surface area contributed by atoms with E-state index in [0.29, 0.717) is 51.4 Å². The summed E-state index contributed by atoms with van der Waals surface area (Å²) in [6, 6.07) is 0. The van der Waals surface area contributed by atoms with Crippen LogP contribution in [-0.4, -0.2) is 62.0 Å². The third-order valence-electron chi connectivity index (χ3n) is 3.50. The molecule has 0 saturated heterocycles. The molecule has 7 heteroatoms. The van der Waals surface area contributed by atoms with Crippen molar-refractivity contribution in [1.82, 2.24) is 0 Å². The van der Waals surface area contributed by atoms with E-state index in [1.807, 2.05) is 13.8 Å². The SMILES string of the molecule is CCCC(F)CCCCC(=O)[O-].CCCC(F)CCCCC(=O)[O-].[Ca+2]. The first-order chi connectivity index (χ1) is 11.3. The van der Waals surface area contributed by atoms with Gasteiger partial charge in [0.05, 0.1) is 0 Å². The molecule has 144 valence electrons. The number of unbranched alkanes of at least 4 members (excludes halogenated alkanes) is 2. The molecule has 0 amide bonds. The number of carbonyl (C=O) groups excluding carboxylic acids is 2. The molecule has 0 aromatic carbocycles. The van der Waals surface area contributed by atoms with Crippen molar-refractivity contribution in [2.45, 2.75) is 103 Å². The molecule has 0 radical (unpaired) electrons. The topological polar surface area (TPSA) is 80.3 Å². The largest absolute Gasteiger partial charge is 2.00 e. The molecule has 0 aromatic rings. The smallest absolute Gasteiger partial charge is 0.550 e. The third kappa shape index (κ3) is 29.1. The number of carboxylic acid groups (broad SMARTS) is 2. The van der Waals surface area contributed by atoms with Crippen LogP contribution in [0, 0.1) is 0 Å². The van der Waals surface area contributed by atoms with E-state index < -0.39 is 24.3 Å². The van der Waals surface area contributed by atoms with Gasteiger partial charge in [-0.3, -0.25) is 0 Å². The molecule has 0 heterocycles. The van der Waals surface area contributed by atoms with Gasteiger partial charge >= 0.3 is 37.7 Å². The third-order valence-corrected chi connectivity index (χ3v) is 3.50. The van der Waals surface area contributed by atoms with E-state index in [9.17, 15) is 28.6 Å². The maximum Gasteiger partial charge on any atom is 2.00 e. The van der Waals surface area contributed by atoms with Gasteiger partial charge in [0.25, 0.3) is 0 Å². The van der Waals surface area contributed by atoms with Gasteiger partial charge in [0.2, 0.25) is 0 Å². The number of halogens is 2. The fourth-order valence-electron chi connectivity index (χ4n) is 2.19. The average Bonchev–Trinajstić information content (AvgIpc) is 2.49. The number of hydrogen-bond acceptors (Lipinski definition) is 4. The van der Waals surface area contributed by atoms with Crippen LogP contribution in [0.25, 0.3) is 0 Å². The van der Waals surface area contributed by atoms with Gasteiger partial charge in [0, 0.05) is 11.9 Å². The van der Waals surface area contributed by atoms with Gasteiger partial charge in [-0.2, -0.15) is 0 Å². The Hall–Kier alpha value is 0.0597. The van der Waals surface area contributed by atoms with Gasteiger partial charge in [-0.25, -0.2) is 8.78 Å². The first kappa shape index (κ1) is 29.8. The van der Waals surface area contributed by atoms with Crippen LogP contribution in [0.5, 0.6) is 0 Å². The Labute approximate surface area is 180 Å². The minimum Gasteiger partial charge on any atom is -0.550 e. The minimum atomic E-state index is -1.04. The minimum absolute atomic E-state index is 0. The number of hydrogen-bond donors (Lipinski definition) is 0. The maximum absolute atomic E-state index is 12.8. The summed E-state index contributed by atoms with van der Waals surface area (Å²) in [5.74, 6) is -2.08. The Morgan fingerprint density at radius 1 is 0.720 bits per heavy atom. The molecular formula is C18H32CaF2O4. The van der Waals surface area contributed by atoms with Gasteiger partial charge in [-0.1, -0.05) is 39.5 Å². The molecule has 2 atom stereocenters. The Morgan fingerprint density at radius 2 is 1.04 bits per heavy atom. The van der Waals surface area contributed by atoms with Gasteiger partial charge < -0.3 is 19.8 Å². The molecule has 0 bridgehead atoms. The Bertz CT molecular complexity index is 287. The molecule has 0 aliphatic rings. The second-order valence-corrected chi connectivity index (χ2v) is 6.01. The average molecular weight is 391 g/mol. The van der Waals surface area contributed by atoms with Crippen molar-refractivity contribution in [2.75, 3.05) is 0 Å². The molecule has 0 N–H and O–H groups in total. The summed E-state index contributed by atoms with van der Waals surface area (Å²) in [7, 11) is 0. The molecule has 0 rings (SSSR count). The molecule has 0 fully saturated rings. The van der Waals surface area contributed by atoms with E-state index in [0.717, 1.165) is 12.8 Å².